The summed E-state index contributed by atoms with van der Waals surface area (Å²) < 4.78 is 0. The fraction of sp³-hybridized carbons (Fsp3) is 0.727. The molecule has 0 aromatic rings. The number of rotatable bonds is 0. The molecule has 0 spiro atoms. The number of hydrogen-bond acceptors (Lipinski definition) is 3. The molecule has 1 aliphatic rings. The van der Waals surface area contributed by atoms with Gasteiger partial charge in [0.15, 0.2) is 5.78 Å². The Bertz CT molecular complexity index is 345. The number of carbonyl (C=O) groups is 1. The van der Waals surface area contributed by atoms with E-state index in [9.17, 15) is 4.79 Å². The van der Waals surface area contributed by atoms with Crippen molar-refractivity contribution in [3.8, 4) is 12.1 Å². The Balaban J connectivity index is 3.10. The summed E-state index contributed by atoms with van der Waals surface area (Å²) in [4.78, 5) is 11.6. The van der Waals surface area contributed by atoms with Gasteiger partial charge < -0.3 is 0 Å². The lowest BCUT2D eigenvalue weighted by Crippen LogP contribution is -2.42. The van der Waals surface area contributed by atoms with Crippen molar-refractivity contribution < 1.29 is 4.79 Å². The zero-order valence-electron chi connectivity index (χ0n) is 8.79. The highest BCUT2D eigenvalue weighted by molar-refractivity contribution is 5.86. The van der Waals surface area contributed by atoms with Crippen LogP contribution in [0.1, 0.15) is 33.6 Å². The Morgan fingerprint density at radius 1 is 1.36 bits per heavy atom. The Morgan fingerprint density at radius 2 is 1.93 bits per heavy atom. The first-order valence-electron chi connectivity index (χ1n) is 4.68. The summed E-state index contributed by atoms with van der Waals surface area (Å²) in [5.74, 6) is -0.840. The van der Waals surface area contributed by atoms with Crippen molar-refractivity contribution in [3.63, 3.8) is 0 Å². The molecular formula is C11H14N2O. The molecule has 1 aliphatic carbocycles. The predicted molar refractivity (Wildman–Crippen MR) is 50.8 cm³/mol. The van der Waals surface area contributed by atoms with Gasteiger partial charge in [-0.3, -0.25) is 4.79 Å². The monoisotopic (exact) mass is 190 g/mol. The Kier molecular flexibility index (Phi) is 2.37. The fourth-order valence-electron chi connectivity index (χ4n) is 2.41. The lowest BCUT2D eigenvalue weighted by Gasteiger charge is -2.40. The van der Waals surface area contributed by atoms with Crippen LogP contribution in [0.25, 0.3) is 0 Å². The van der Waals surface area contributed by atoms with Crippen LogP contribution in [-0.2, 0) is 4.79 Å². The van der Waals surface area contributed by atoms with Crippen molar-refractivity contribution in [2.24, 2.45) is 16.7 Å². The first-order chi connectivity index (χ1) is 6.34. The highest BCUT2D eigenvalue weighted by Crippen LogP contribution is 2.46. The van der Waals surface area contributed by atoms with E-state index in [1.165, 1.54) is 0 Å². The summed E-state index contributed by atoms with van der Waals surface area (Å²) >= 11 is 0. The normalized spacial score (nSPS) is 35.8. The van der Waals surface area contributed by atoms with Crippen LogP contribution >= 0.6 is 0 Å². The van der Waals surface area contributed by atoms with Gasteiger partial charge >= 0.3 is 0 Å². The Hall–Kier alpha value is -1.35. The third-order valence-corrected chi connectivity index (χ3v) is 2.84. The van der Waals surface area contributed by atoms with Gasteiger partial charge in [0.05, 0.1) is 17.6 Å². The molecule has 3 nitrogen and oxygen atoms in total. The van der Waals surface area contributed by atoms with Crippen molar-refractivity contribution in [3.05, 3.63) is 0 Å². The maximum absolute atomic E-state index is 11.6. The Labute approximate surface area is 84.3 Å². The average molecular weight is 190 g/mol. The van der Waals surface area contributed by atoms with Crippen LogP contribution in [-0.4, -0.2) is 5.78 Å². The third-order valence-electron chi connectivity index (χ3n) is 2.84. The van der Waals surface area contributed by atoms with E-state index < -0.39 is 11.3 Å². The number of Topliss-reactive ketones (excluding diaryl/α,β-unsaturated/α-hetero) is 1. The molecule has 1 fully saturated rings. The van der Waals surface area contributed by atoms with E-state index >= 15 is 0 Å². The van der Waals surface area contributed by atoms with Gasteiger partial charge in [0.1, 0.15) is 5.92 Å². The first kappa shape index (κ1) is 10.7. The predicted octanol–water partition coefficient (Wildman–Crippen LogP) is 2.05. The van der Waals surface area contributed by atoms with E-state index in [1.54, 1.807) is 6.92 Å². The van der Waals surface area contributed by atoms with Crippen LogP contribution in [0, 0.1) is 39.4 Å². The van der Waals surface area contributed by atoms with Gasteiger partial charge in [-0.25, -0.2) is 0 Å². The largest absolute Gasteiger partial charge is 0.298 e. The number of nitrogens with zero attached hydrogens (tertiary/aromatic N) is 2. The molecule has 0 heterocycles. The Morgan fingerprint density at radius 3 is 2.36 bits per heavy atom. The lowest BCUT2D eigenvalue weighted by molar-refractivity contribution is -0.129. The molecule has 3 heteroatoms. The van der Waals surface area contributed by atoms with E-state index in [4.69, 9.17) is 10.5 Å². The number of ketones is 1. The molecule has 0 amide bonds. The molecule has 0 saturated heterocycles. The summed E-state index contributed by atoms with van der Waals surface area (Å²) in [6.45, 7) is 5.64. The summed E-state index contributed by atoms with van der Waals surface area (Å²) in [5, 5.41) is 17.9. The number of carbonyl (C=O) groups excluding carboxylic acids is 1. The van der Waals surface area contributed by atoms with Crippen molar-refractivity contribution in [2.75, 3.05) is 0 Å². The van der Waals surface area contributed by atoms with Gasteiger partial charge in [-0.2, -0.15) is 10.5 Å². The number of hydrogen-bond donors (Lipinski definition) is 0. The molecular weight excluding hydrogens is 176 g/mol. The van der Waals surface area contributed by atoms with E-state index in [0.29, 0.717) is 12.8 Å². The third kappa shape index (κ3) is 1.63. The van der Waals surface area contributed by atoms with Gasteiger partial charge in [0.25, 0.3) is 0 Å². The zero-order chi connectivity index (χ0) is 11.0. The highest BCUT2D eigenvalue weighted by atomic mass is 16.1. The minimum atomic E-state index is -0.812. The van der Waals surface area contributed by atoms with E-state index in [0.717, 1.165) is 0 Å². The molecule has 74 valence electrons. The van der Waals surface area contributed by atoms with Crippen LogP contribution in [0.4, 0.5) is 0 Å². The second-order valence-corrected chi connectivity index (χ2v) is 5.08. The second kappa shape index (κ2) is 3.10. The minimum absolute atomic E-state index is 0.0900. The van der Waals surface area contributed by atoms with Gasteiger partial charge in [-0.1, -0.05) is 13.8 Å². The zero-order valence-corrected chi connectivity index (χ0v) is 8.79. The maximum atomic E-state index is 11.6. The first-order valence-corrected chi connectivity index (χ1v) is 4.68. The summed E-state index contributed by atoms with van der Waals surface area (Å²) in [7, 11) is 0. The van der Waals surface area contributed by atoms with Crippen LogP contribution < -0.4 is 0 Å². The molecule has 0 radical (unpaired) electrons. The number of nitriles is 2. The molecule has 0 N–H and O–H groups in total. The molecule has 0 aromatic heterocycles. The molecule has 0 bridgehead atoms. The lowest BCUT2D eigenvalue weighted by atomic mass is 9.59. The van der Waals surface area contributed by atoms with Crippen molar-refractivity contribution in [1.82, 2.24) is 0 Å². The standard InChI is InChI=1S/C11H14N2O/c1-10(2)4-9(14)8(5-12)11(3,6-10)7-13/h8H,4,6H2,1-3H3/t8-,11+/m1/s1. The molecule has 0 aromatic carbocycles. The molecule has 0 aliphatic heterocycles. The highest BCUT2D eigenvalue weighted by Gasteiger charge is 2.49. The van der Waals surface area contributed by atoms with Gasteiger partial charge in [0, 0.05) is 6.42 Å². The summed E-state index contributed by atoms with van der Waals surface area (Å²) in [5.41, 5.74) is -0.970. The van der Waals surface area contributed by atoms with Gasteiger partial charge in [0.2, 0.25) is 0 Å². The molecule has 1 rings (SSSR count). The van der Waals surface area contributed by atoms with Crippen molar-refractivity contribution >= 4 is 5.78 Å². The van der Waals surface area contributed by atoms with E-state index in [2.05, 4.69) is 6.07 Å². The average Bonchev–Trinajstić information content (AvgIpc) is 2.01. The topological polar surface area (TPSA) is 64.7 Å². The molecule has 0 unspecified atom stereocenters. The van der Waals surface area contributed by atoms with Crippen molar-refractivity contribution in [1.29, 1.82) is 10.5 Å². The van der Waals surface area contributed by atoms with Crippen LogP contribution in [0.15, 0.2) is 0 Å². The maximum Gasteiger partial charge on any atom is 0.152 e. The SMILES string of the molecule is CC1(C)CC(=O)[C@@H](C#N)[C@](C)(C#N)C1. The van der Waals surface area contributed by atoms with Crippen molar-refractivity contribution in [2.45, 2.75) is 33.6 Å². The quantitative estimate of drug-likeness (QED) is 0.587. The van der Waals surface area contributed by atoms with Crippen LogP contribution in [0.3, 0.4) is 0 Å². The molecule has 14 heavy (non-hydrogen) atoms. The van der Waals surface area contributed by atoms with Crippen LogP contribution in [0.5, 0.6) is 0 Å². The second-order valence-electron chi connectivity index (χ2n) is 5.08. The smallest absolute Gasteiger partial charge is 0.152 e. The fourth-order valence-corrected chi connectivity index (χ4v) is 2.41. The molecule has 1 saturated carbocycles. The minimum Gasteiger partial charge on any atom is -0.298 e. The van der Waals surface area contributed by atoms with E-state index in [-0.39, 0.29) is 11.2 Å². The van der Waals surface area contributed by atoms with Gasteiger partial charge in [-0.15, -0.1) is 0 Å². The van der Waals surface area contributed by atoms with Gasteiger partial charge in [-0.05, 0) is 18.8 Å². The van der Waals surface area contributed by atoms with E-state index in [1.807, 2.05) is 19.9 Å². The summed E-state index contributed by atoms with van der Waals surface area (Å²) in [6, 6.07) is 4.08. The molecule has 2 atom stereocenters. The van der Waals surface area contributed by atoms with Crippen LogP contribution in [0.2, 0.25) is 0 Å². The summed E-state index contributed by atoms with van der Waals surface area (Å²) in [6.07, 6.45) is 1.02.